The van der Waals surface area contributed by atoms with Crippen LogP contribution in [0.25, 0.3) is 0 Å². The summed E-state index contributed by atoms with van der Waals surface area (Å²) in [6.45, 7) is 0. The maximum atomic E-state index is 13.5. The Morgan fingerprint density at radius 3 is 1.56 bits per heavy atom. The molecule has 0 aliphatic heterocycles. The van der Waals surface area contributed by atoms with E-state index in [-0.39, 0.29) is 5.56 Å². The van der Waals surface area contributed by atoms with Crippen molar-refractivity contribution in [2.24, 2.45) is 5.73 Å². The van der Waals surface area contributed by atoms with Crippen LogP contribution in [0.1, 0.15) is 16.7 Å². The minimum atomic E-state index is -5.04. The first-order chi connectivity index (χ1) is 15.8. The van der Waals surface area contributed by atoms with Crippen LogP contribution in [0, 0.1) is 11.6 Å². The lowest BCUT2D eigenvalue weighted by Crippen LogP contribution is -2.16. The zero-order chi connectivity index (χ0) is 25.3. The van der Waals surface area contributed by atoms with Crippen molar-refractivity contribution in [3.8, 4) is 23.3 Å². The second-order valence-corrected chi connectivity index (χ2v) is 6.59. The Hall–Kier alpha value is -3.97. The Morgan fingerprint density at radius 1 is 0.794 bits per heavy atom. The van der Waals surface area contributed by atoms with E-state index in [1.165, 1.54) is 0 Å². The molecule has 0 atom stereocenters. The van der Waals surface area contributed by atoms with Gasteiger partial charge in [0.2, 0.25) is 17.7 Å². The third-order valence-electron chi connectivity index (χ3n) is 4.13. The highest BCUT2D eigenvalue weighted by Gasteiger charge is 2.35. The van der Waals surface area contributed by atoms with Crippen LogP contribution in [0.2, 0.25) is 0 Å². The SMILES string of the molecule is NC(=O)Cc1c(Oc2ccc(F)c(C(F)(F)F)c2)ncnc1Oc1ccc(F)c(C(F)(F)F)c1. The molecule has 0 saturated heterocycles. The number of benzene rings is 2. The first kappa shape index (κ1) is 24.7. The highest BCUT2D eigenvalue weighted by atomic mass is 19.4. The highest BCUT2D eigenvalue weighted by molar-refractivity contribution is 5.78. The third-order valence-corrected chi connectivity index (χ3v) is 4.13. The minimum absolute atomic E-state index is 0.335. The van der Waals surface area contributed by atoms with E-state index in [0.29, 0.717) is 24.3 Å². The molecule has 6 nitrogen and oxygen atoms in total. The van der Waals surface area contributed by atoms with Crippen molar-refractivity contribution in [2.75, 3.05) is 0 Å². The van der Waals surface area contributed by atoms with Gasteiger partial charge in [0, 0.05) is 0 Å². The van der Waals surface area contributed by atoms with E-state index >= 15 is 0 Å². The number of halogens is 8. The summed E-state index contributed by atoms with van der Waals surface area (Å²) >= 11 is 0. The molecule has 1 amide bonds. The topological polar surface area (TPSA) is 87.3 Å². The Bertz CT molecular complexity index is 1140. The predicted octanol–water partition coefficient (Wildman–Crippen LogP) is 5.40. The van der Waals surface area contributed by atoms with Gasteiger partial charge >= 0.3 is 12.4 Å². The van der Waals surface area contributed by atoms with Crippen LogP contribution in [0.3, 0.4) is 0 Å². The van der Waals surface area contributed by atoms with E-state index in [0.717, 1.165) is 18.5 Å². The van der Waals surface area contributed by atoms with Crippen molar-refractivity contribution in [1.82, 2.24) is 9.97 Å². The van der Waals surface area contributed by atoms with Crippen molar-refractivity contribution >= 4 is 5.91 Å². The monoisotopic (exact) mass is 493 g/mol. The fourth-order valence-corrected chi connectivity index (χ4v) is 2.68. The summed E-state index contributed by atoms with van der Waals surface area (Å²) in [5, 5.41) is 0. The molecule has 3 rings (SSSR count). The predicted molar refractivity (Wildman–Crippen MR) is 97.9 cm³/mol. The van der Waals surface area contributed by atoms with Crippen LogP contribution < -0.4 is 15.2 Å². The van der Waals surface area contributed by atoms with Gasteiger partial charge in [-0.05, 0) is 36.4 Å². The molecule has 34 heavy (non-hydrogen) atoms. The molecule has 0 aliphatic rings. The second kappa shape index (κ2) is 9.11. The molecule has 2 N–H and O–H groups in total. The summed E-state index contributed by atoms with van der Waals surface area (Å²) in [5.41, 5.74) is 1.53. The van der Waals surface area contributed by atoms with Crippen molar-refractivity contribution in [3.05, 3.63) is 71.1 Å². The van der Waals surface area contributed by atoms with Gasteiger partial charge < -0.3 is 15.2 Å². The maximum absolute atomic E-state index is 13.5. The largest absolute Gasteiger partial charge is 0.438 e. The zero-order valence-corrected chi connectivity index (χ0v) is 16.5. The number of rotatable bonds is 6. The van der Waals surface area contributed by atoms with Crippen molar-refractivity contribution in [1.29, 1.82) is 0 Å². The van der Waals surface area contributed by atoms with Gasteiger partial charge in [0.05, 0.1) is 23.1 Å². The van der Waals surface area contributed by atoms with Crippen LogP contribution in [-0.2, 0) is 23.6 Å². The van der Waals surface area contributed by atoms with Crippen LogP contribution in [0.4, 0.5) is 35.1 Å². The molecule has 0 spiro atoms. The number of nitrogens with two attached hydrogens (primary N) is 1. The van der Waals surface area contributed by atoms with Crippen molar-refractivity contribution in [3.63, 3.8) is 0 Å². The molecule has 3 aromatic rings. The standard InChI is InChI=1S/C20H11F8N3O3/c21-14-3-1-9(5-12(14)19(23,24)25)33-17-11(7-16(29)32)18(31-8-30-17)34-10-2-4-15(22)13(6-10)20(26,27)28/h1-6,8H,7H2,(H2,29,32). The Morgan fingerprint density at radius 2 is 1.21 bits per heavy atom. The summed E-state index contributed by atoms with van der Waals surface area (Å²) < 4.78 is 115. The summed E-state index contributed by atoms with van der Waals surface area (Å²) in [5.74, 6) is -6.30. The van der Waals surface area contributed by atoms with Crippen LogP contribution in [0.15, 0.2) is 42.7 Å². The van der Waals surface area contributed by atoms with Crippen molar-refractivity contribution < 1.29 is 49.4 Å². The maximum Gasteiger partial charge on any atom is 0.419 e. The average Bonchev–Trinajstić information content (AvgIpc) is 2.71. The van der Waals surface area contributed by atoms with Gasteiger partial charge in [-0.25, -0.2) is 18.7 Å². The van der Waals surface area contributed by atoms with Crippen LogP contribution in [-0.4, -0.2) is 15.9 Å². The molecule has 2 aromatic carbocycles. The van der Waals surface area contributed by atoms with E-state index in [1.807, 2.05) is 0 Å². The van der Waals surface area contributed by atoms with Gasteiger partial charge in [0.25, 0.3) is 0 Å². The number of hydrogen-bond acceptors (Lipinski definition) is 5. The van der Waals surface area contributed by atoms with Gasteiger partial charge in [-0.3, -0.25) is 4.79 Å². The number of amides is 1. The number of carbonyl (C=O) groups is 1. The Kier molecular flexibility index (Phi) is 6.61. The van der Waals surface area contributed by atoms with E-state index in [2.05, 4.69) is 9.97 Å². The fourth-order valence-electron chi connectivity index (χ4n) is 2.68. The second-order valence-electron chi connectivity index (χ2n) is 6.59. The normalized spacial score (nSPS) is 11.9. The number of alkyl halides is 6. The molecule has 1 heterocycles. The molecule has 0 saturated carbocycles. The summed E-state index contributed by atoms with van der Waals surface area (Å²) in [6.07, 6.45) is -10.0. The first-order valence-electron chi connectivity index (χ1n) is 8.97. The Labute approximate surface area is 184 Å². The van der Waals surface area contributed by atoms with E-state index in [1.54, 1.807) is 0 Å². The summed E-state index contributed by atoms with van der Waals surface area (Å²) in [6, 6.07) is 3.33. The zero-order valence-electron chi connectivity index (χ0n) is 16.5. The lowest BCUT2D eigenvalue weighted by Gasteiger charge is -2.15. The third kappa shape index (κ3) is 5.68. The number of carbonyl (C=O) groups excluding carboxylic acids is 1. The van der Waals surface area contributed by atoms with Gasteiger partial charge in [-0.2, -0.15) is 26.3 Å². The minimum Gasteiger partial charge on any atom is -0.438 e. The highest BCUT2D eigenvalue weighted by Crippen LogP contribution is 2.38. The lowest BCUT2D eigenvalue weighted by atomic mass is 10.2. The van der Waals surface area contributed by atoms with Gasteiger partial charge in [-0.15, -0.1) is 0 Å². The van der Waals surface area contributed by atoms with Gasteiger partial charge in [0.15, 0.2) is 0 Å². The summed E-state index contributed by atoms with van der Waals surface area (Å²) in [4.78, 5) is 18.9. The average molecular weight is 493 g/mol. The van der Waals surface area contributed by atoms with E-state index < -0.39 is 70.7 Å². The molecule has 0 radical (unpaired) electrons. The fraction of sp³-hybridized carbons (Fsp3) is 0.150. The smallest absolute Gasteiger partial charge is 0.419 e. The number of hydrogen-bond donors (Lipinski definition) is 1. The quantitative estimate of drug-likeness (QED) is 0.465. The molecule has 0 bridgehead atoms. The number of primary amides is 1. The Balaban J connectivity index is 2.02. The molecule has 0 unspecified atom stereocenters. The molecule has 0 fully saturated rings. The van der Waals surface area contributed by atoms with Gasteiger partial charge in [0.1, 0.15) is 29.5 Å². The summed E-state index contributed by atoms with van der Waals surface area (Å²) in [7, 11) is 0. The van der Waals surface area contributed by atoms with E-state index in [4.69, 9.17) is 15.2 Å². The number of nitrogens with zero attached hydrogens (tertiary/aromatic N) is 2. The van der Waals surface area contributed by atoms with E-state index in [9.17, 15) is 39.9 Å². The molecule has 180 valence electrons. The molecular formula is C20H11F8N3O3. The molecule has 14 heteroatoms. The number of aromatic nitrogens is 2. The molecular weight excluding hydrogens is 482 g/mol. The number of ether oxygens (including phenoxy) is 2. The lowest BCUT2D eigenvalue weighted by molar-refractivity contribution is -0.140. The van der Waals surface area contributed by atoms with Crippen LogP contribution in [0.5, 0.6) is 23.3 Å². The van der Waals surface area contributed by atoms with Crippen LogP contribution >= 0.6 is 0 Å². The van der Waals surface area contributed by atoms with Gasteiger partial charge in [-0.1, -0.05) is 0 Å². The van der Waals surface area contributed by atoms with Crippen molar-refractivity contribution in [2.45, 2.75) is 18.8 Å². The molecule has 1 aromatic heterocycles. The molecule has 0 aliphatic carbocycles. The first-order valence-corrected chi connectivity index (χ1v) is 8.97.